The van der Waals surface area contributed by atoms with Gasteiger partial charge in [0.05, 0.1) is 10.5 Å². The highest BCUT2D eigenvalue weighted by Crippen LogP contribution is 2.21. The fourth-order valence-corrected chi connectivity index (χ4v) is 2.89. The Kier molecular flexibility index (Phi) is 5.98. The number of nitrogens with zero attached hydrogens (tertiary/aromatic N) is 4. The van der Waals surface area contributed by atoms with Crippen molar-refractivity contribution in [3.63, 3.8) is 0 Å². The number of carbonyl (C=O) groups is 1. The molecule has 27 heavy (non-hydrogen) atoms. The SMILES string of the molecule is CCCCn1/c(=N\C(=O)c2cc([N+](=O)[O-])ccc2F)cc(C(C)(C)C)n1C. The average molecular weight is 376 g/mol. The molecule has 0 fully saturated rings. The first-order valence-electron chi connectivity index (χ1n) is 8.86. The van der Waals surface area contributed by atoms with Gasteiger partial charge in [-0.15, -0.1) is 0 Å². The van der Waals surface area contributed by atoms with Crippen LogP contribution in [0.2, 0.25) is 0 Å². The standard InChI is InChI=1S/C19H25FN4O3/c1-6-7-10-23-17(12-16(22(23)5)19(2,3)4)21-18(25)14-11-13(24(26)27)8-9-15(14)20/h8-9,11-12H,6-7,10H2,1-5H3/b21-17-. The number of non-ortho nitro benzene ring substituents is 1. The Bertz CT molecular complexity index is 935. The van der Waals surface area contributed by atoms with Gasteiger partial charge in [0.1, 0.15) is 5.82 Å². The zero-order chi connectivity index (χ0) is 20.4. The number of amides is 1. The fourth-order valence-electron chi connectivity index (χ4n) is 2.89. The lowest BCUT2D eigenvalue weighted by atomic mass is 9.92. The van der Waals surface area contributed by atoms with E-state index in [0.29, 0.717) is 12.0 Å². The Balaban J connectivity index is 2.59. The fraction of sp³-hybridized carbons (Fsp3) is 0.474. The smallest absolute Gasteiger partial charge is 0.282 e. The molecule has 0 spiro atoms. The van der Waals surface area contributed by atoms with Crippen molar-refractivity contribution in [2.45, 2.75) is 52.5 Å². The molecule has 1 aromatic carbocycles. The maximum absolute atomic E-state index is 14.0. The molecular formula is C19H25FN4O3. The van der Waals surface area contributed by atoms with Crippen molar-refractivity contribution in [1.29, 1.82) is 0 Å². The van der Waals surface area contributed by atoms with Crippen LogP contribution in [0.1, 0.15) is 56.6 Å². The number of benzene rings is 1. The lowest BCUT2D eigenvalue weighted by molar-refractivity contribution is -0.384. The van der Waals surface area contributed by atoms with Crippen LogP contribution in [0.15, 0.2) is 29.3 Å². The van der Waals surface area contributed by atoms with E-state index in [-0.39, 0.29) is 11.1 Å². The van der Waals surface area contributed by atoms with Gasteiger partial charge in [-0.3, -0.25) is 24.3 Å². The molecule has 0 radical (unpaired) electrons. The van der Waals surface area contributed by atoms with Gasteiger partial charge in [-0.1, -0.05) is 34.1 Å². The van der Waals surface area contributed by atoms with Crippen LogP contribution in [0, 0.1) is 15.9 Å². The third kappa shape index (κ3) is 4.50. The number of rotatable bonds is 5. The molecule has 0 saturated carbocycles. The summed E-state index contributed by atoms with van der Waals surface area (Å²) >= 11 is 0. The van der Waals surface area contributed by atoms with Crippen LogP contribution in [0.3, 0.4) is 0 Å². The molecule has 0 bridgehead atoms. The van der Waals surface area contributed by atoms with Crippen LogP contribution in [0.4, 0.5) is 10.1 Å². The summed E-state index contributed by atoms with van der Waals surface area (Å²) in [7, 11) is 1.90. The zero-order valence-electron chi connectivity index (χ0n) is 16.3. The van der Waals surface area contributed by atoms with Crippen LogP contribution in [0.25, 0.3) is 0 Å². The Morgan fingerprint density at radius 3 is 2.52 bits per heavy atom. The summed E-state index contributed by atoms with van der Waals surface area (Å²) in [5.74, 6) is -1.67. The lowest BCUT2D eigenvalue weighted by Gasteiger charge is -2.20. The first-order chi connectivity index (χ1) is 12.6. The van der Waals surface area contributed by atoms with Gasteiger partial charge in [0.15, 0.2) is 5.49 Å². The van der Waals surface area contributed by atoms with Gasteiger partial charge in [-0.05, 0) is 12.5 Å². The van der Waals surface area contributed by atoms with Crippen molar-refractivity contribution < 1.29 is 14.1 Å². The molecule has 8 heteroatoms. The van der Waals surface area contributed by atoms with E-state index >= 15 is 0 Å². The molecule has 0 atom stereocenters. The van der Waals surface area contributed by atoms with E-state index in [2.05, 4.69) is 32.7 Å². The number of unbranched alkanes of at least 4 members (excludes halogenated alkanes) is 1. The van der Waals surface area contributed by atoms with Gasteiger partial charge in [-0.25, -0.2) is 4.39 Å². The van der Waals surface area contributed by atoms with Crippen LogP contribution in [0.5, 0.6) is 0 Å². The van der Waals surface area contributed by atoms with Crippen LogP contribution in [-0.4, -0.2) is 20.2 Å². The van der Waals surface area contributed by atoms with Crippen LogP contribution in [-0.2, 0) is 19.0 Å². The zero-order valence-corrected chi connectivity index (χ0v) is 16.3. The van der Waals surface area contributed by atoms with Crippen LogP contribution < -0.4 is 5.49 Å². The predicted octanol–water partition coefficient (Wildman–Crippen LogP) is 3.71. The van der Waals surface area contributed by atoms with Gasteiger partial charge in [0.25, 0.3) is 11.6 Å². The number of hydrogen-bond acceptors (Lipinski definition) is 3. The van der Waals surface area contributed by atoms with Crippen molar-refractivity contribution >= 4 is 11.6 Å². The number of aromatic nitrogens is 2. The first kappa shape index (κ1) is 20.5. The summed E-state index contributed by atoms with van der Waals surface area (Å²) in [5.41, 5.74) is 0.456. The molecule has 0 N–H and O–H groups in total. The minimum atomic E-state index is -0.840. The maximum Gasteiger partial charge on any atom is 0.282 e. The summed E-state index contributed by atoms with van der Waals surface area (Å²) in [5, 5.41) is 10.9. The second-order valence-electron chi connectivity index (χ2n) is 7.48. The van der Waals surface area contributed by atoms with E-state index in [4.69, 9.17) is 0 Å². The van der Waals surface area contributed by atoms with Gasteiger partial charge < -0.3 is 0 Å². The summed E-state index contributed by atoms with van der Waals surface area (Å²) in [6.45, 7) is 8.89. The molecule has 0 aliphatic heterocycles. The number of hydrogen-bond donors (Lipinski definition) is 0. The van der Waals surface area contributed by atoms with E-state index in [1.165, 1.54) is 0 Å². The third-order valence-electron chi connectivity index (χ3n) is 4.34. The van der Waals surface area contributed by atoms with Crippen molar-refractivity contribution in [1.82, 2.24) is 9.36 Å². The quantitative estimate of drug-likeness (QED) is 0.589. The summed E-state index contributed by atoms with van der Waals surface area (Å²) < 4.78 is 17.9. The van der Waals surface area contributed by atoms with Gasteiger partial charge in [0, 0.05) is 42.9 Å². The highest BCUT2D eigenvalue weighted by atomic mass is 19.1. The van der Waals surface area contributed by atoms with E-state index in [9.17, 15) is 19.3 Å². The monoisotopic (exact) mass is 376 g/mol. The van der Waals surface area contributed by atoms with Gasteiger partial charge in [0.2, 0.25) is 0 Å². The van der Waals surface area contributed by atoms with Crippen molar-refractivity contribution in [2.24, 2.45) is 12.0 Å². The van der Waals surface area contributed by atoms with Gasteiger partial charge in [-0.2, -0.15) is 4.99 Å². The molecule has 0 aliphatic rings. The molecular weight excluding hydrogens is 351 g/mol. The highest BCUT2D eigenvalue weighted by molar-refractivity contribution is 5.95. The van der Waals surface area contributed by atoms with Crippen molar-refractivity contribution in [3.05, 3.63) is 56.9 Å². The summed E-state index contributed by atoms with van der Waals surface area (Å²) in [6, 6.07) is 4.67. The summed E-state index contributed by atoms with van der Waals surface area (Å²) in [4.78, 5) is 26.9. The average Bonchev–Trinajstić information content (AvgIpc) is 2.89. The molecule has 0 unspecified atom stereocenters. The van der Waals surface area contributed by atoms with Gasteiger partial charge >= 0.3 is 0 Å². The number of carbonyl (C=O) groups excluding carboxylic acids is 1. The molecule has 146 valence electrons. The van der Waals surface area contributed by atoms with Crippen molar-refractivity contribution in [2.75, 3.05) is 0 Å². The molecule has 0 saturated heterocycles. The van der Waals surface area contributed by atoms with E-state index in [1.807, 2.05) is 22.5 Å². The Morgan fingerprint density at radius 2 is 1.96 bits per heavy atom. The largest absolute Gasteiger partial charge is 0.291 e. The minimum Gasteiger partial charge on any atom is -0.291 e. The number of nitro benzene ring substituents is 1. The third-order valence-corrected chi connectivity index (χ3v) is 4.34. The van der Waals surface area contributed by atoms with Crippen LogP contribution >= 0.6 is 0 Å². The first-order valence-corrected chi connectivity index (χ1v) is 8.86. The summed E-state index contributed by atoms with van der Waals surface area (Å²) in [6.07, 6.45) is 1.86. The molecule has 0 aliphatic carbocycles. The Morgan fingerprint density at radius 1 is 1.30 bits per heavy atom. The molecule has 2 rings (SSSR count). The molecule has 2 aromatic rings. The molecule has 7 nitrogen and oxygen atoms in total. The van der Waals surface area contributed by atoms with E-state index in [0.717, 1.165) is 36.7 Å². The topological polar surface area (TPSA) is 82.4 Å². The molecule has 1 heterocycles. The Hall–Kier alpha value is -2.77. The number of halogens is 1. The number of nitro groups is 1. The Labute approximate surface area is 157 Å². The highest BCUT2D eigenvalue weighted by Gasteiger charge is 2.21. The second-order valence-corrected chi connectivity index (χ2v) is 7.48. The maximum atomic E-state index is 14.0. The van der Waals surface area contributed by atoms with Crippen molar-refractivity contribution in [3.8, 4) is 0 Å². The normalized spacial score (nSPS) is 12.4. The second kappa shape index (κ2) is 7.85. The molecule has 1 amide bonds. The minimum absolute atomic E-state index is 0.170. The van der Waals surface area contributed by atoms with E-state index in [1.54, 1.807) is 0 Å². The van der Waals surface area contributed by atoms with E-state index < -0.39 is 22.2 Å². The lowest BCUT2D eigenvalue weighted by Crippen LogP contribution is -2.25. The molecule has 1 aromatic heterocycles. The predicted molar refractivity (Wildman–Crippen MR) is 100.0 cm³/mol.